The number of ether oxygens (including phenoxy) is 3. The van der Waals surface area contributed by atoms with E-state index in [4.69, 9.17) is 14.2 Å². The summed E-state index contributed by atoms with van der Waals surface area (Å²) < 4.78 is 15.8. The molecule has 5 rings (SSSR count). The third-order valence-electron chi connectivity index (χ3n) is 5.46. The number of hydrogen-bond acceptors (Lipinski definition) is 5. The fourth-order valence-corrected chi connectivity index (χ4v) is 3.81. The summed E-state index contributed by atoms with van der Waals surface area (Å²) >= 11 is 0. The maximum absolute atomic E-state index is 12.8. The van der Waals surface area contributed by atoms with Crippen molar-refractivity contribution in [3.63, 3.8) is 0 Å². The minimum absolute atomic E-state index is 0.165. The molecule has 3 aromatic carbocycles. The van der Waals surface area contributed by atoms with Crippen LogP contribution in [0.1, 0.15) is 33.3 Å². The highest BCUT2D eigenvalue weighted by Crippen LogP contribution is 2.32. The maximum Gasteiger partial charge on any atom is 0.354 e. The average Bonchev–Trinajstić information content (AvgIpc) is 3.49. The lowest BCUT2D eigenvalue weighted by molar-refractivity contribution is 0.0520. The Hall–Kier alpha value is -4.26. The molecule has 0 aliphatic carbocycles. The van der Waals surface area contributed by atoms with Crippen molar-refractivity contribution in [3.05, 3.63) is 83.6 Å². The number of H-pyrrole nitrogens is 1. The number of amides is 1. The molecule has 0 spiro atoms. The van der Waals surface area contributed by atoms with Gasteiger partial charge < -0.3 is 24.5 Å². The van der Waals surface area contributed by atoms with Gasteiger partial charge in [0.1, 0.15) is 5.69 Å². The number of carbonyl (C=O) groups excluding carboxylic acids is 2. The van der Waals surface area contributed by atoms with Crippen LogP contribution in [0, 0.1) is 0 Å². The Morgan fingerprint density at radius 3 is 2.70 bits per heavy atom. The van der Waals surface area contributed by atoms with E-state index in [0.29, 0.717) is 35.9 Å². The third kappa shape index (κ3) is 4.25. The second-order valence-electron chi connectivity index (χ2n) is 7.66. The van der Waals surface area contributed by atoms with E-state index in [1.807, 2.05) is 54.6 Å². The van der Waals surface area contributed by atoms with Crippen molar-refractivity contribution in [2.24, 2.45) is 0 Å². The molecule has 0 fully saturated rings. The molecule has 0 saturated carbocycles. The number of nitrogens with one attached hydrogen (secondary N) is 2. The second kappa shape index (κ2) is 8.70. The van der Waals surface area contributed by atoms with E-state index in [0.717, 1.165) is 27.6 Å². The summed E-state index contributed by atoms with van der Waals surface area (Å²) in [5.74, 6) is 0.861. The quantitative estimate of drug-likeness (QED) is 0.424. The number of esters is 1. The number of fused-ring (bicyclic) bond motifs is 2. The Labute approximate surface area is 190 Å². The molecule has 1 amide bonds. The van der Waals surface area contributed by atoms with Crippen molar-refractivity contribution >= 4 is 22.8 Å². The number of carbonyl (C=O) groups is 2. The molecule has 7 nitrogen and oxygen atoms in total. The molecule has 0 unspecified atom stereocenters. The first-order chi connectivity index (χ1) is 16.1. The monoisotopic (exact) mass is 442 g/mol. The molecule has 166 valence electrons. The van der Waals surface area contributed by atoms with Gasteiger partial charge in [-0.05, 0) is 66.1 Å². The summed E-state index contributed by atoms with van der Waals surface area (Å²) in [4.78, 5) is 27.8. The van der Waals surface area contributed by atoms with Gasteiger partial charge in [0.05, 0.1) is 6.61 Å². The van der Waals surface area contributed by atoms with E-state index in [9.17, 15) is 9.59 Å². The standard InChI is InChI=1S/C26H22N2O5/c1-2-31-26(30)22-13-20-12-18(7-8-21(20)28-22)17-4-3-5-19(11-17)25(29)27-14-16-6-9-23-24(10-16)33-15-32-23/h3-13,28H,2,14-15H2,1H3,(H,27,29). The van der Waals surface area contributed by atoms with Gasteiger partial charge in [0, 0.05) is 23.0 Å². The molecule has 0 atom stereocenters. The topological polar surface area (TPSA) is 89.7 Å². The van der Waals surface area contributed by atoms with Crippen LogP contribution in [-0.2, 0) is 11.3 Å². The predicted molar refractivity (Wildman–Crippen MR) is 123 cm³/mol. The van der Waals surface area contributed by atoms with Crippen LogP contribution in [0.4, 0.5) is 0 Å². The second-order valence-corrected chi connectivity index (χ2v) is 7.66. The third-order valence-corrected chi connectivity index (χ3v) is 5.46. The van der Waals surface area contributed by atoms with E-state index in [-0.39, 0.29) is 18.7 Å². The smallest absolute Gasteiger partial charge is 0.354 e. The summed E-state index contributed by atoms with van der Waals surface area (Å²) in [6.45, 7) is 2.70. The van der Waals surface area contributed by atoms with E-state index in [1.165, 1.54) is 0 Å². The van der Waals surface area contributed by atoms with E-state index >= 15 is 0 Å². The van der Waals surface area contributed by atoms with Gasteiger partial charge in [-0.15, -0.1) is 0 Å². The molecular weight excluding hydrogens is 420 g/mol. The first-order valence-electron chi connectivity index (χ1n) is 10.7. The summed E-state index contributed by atoms with van der Waals surface area (Å²) in [6.07, 6.45) is 0. The highest BCUT2D eigenvalue weighted by molar-refractivity contribution is 5.97. The fourth-order valence-electron chi connectivity index (χ4n) is 3.81. The van der Waals surface area contributed by atoms with Crippen molar-refractivity contribution in [3.8, 4) is 22.6 Å². The zero-order valence-corrected chi connectivity index (χ0v) is 18.0. The number of benzene rings is 3. The molecule has 2 N–H and O–H groups in total. The average molecular weight is 442 g/mol. The Balaban J connectivity index is 1.32. The summed E-state index contributed by atoms with van der Waals surface area (Å²) in [5.41, 5.74) is 4.61. The Bertz CT molecular complexity index is 1360. The highest BCUT2D eigenvalue weighted by atomic mass is 16.7. The number of aromatic amines is 1. The first-order valence-corrected chi connectivity index (χ1v) is 10.7. The van der Waals surface area contributed by atoms with Crippen LogP contribution < -0.4 is 14.8 Å². The van der Waals surface area contributed by atoms with Gasteiger partial charge in [0.15, 0.2) is 11.5 Å². The molecule has 7 heteroatoms. The minimum Gasteiger partial charge on any atom is -0.461 e. The molecule has 1 aliphatic heterocycles. The molecule has 2 heterocycles. The van der Waals surface area contributed by atoms with Gasteiger partial charge in [-0.3, -0.25) is 4.79 Å². The maximum atomic E-state index is 12.8. The van der Waals surface area contributed by atoms with Crippen LogP contribution in [0.2, 0.25) is 0 Å². The van der Waals surface area contributed by atoms with E-state index < -0.39 is 0 Å². The van der Waals surface area contributed by atoms with Crippen LogP contribution >= 0.6 is 0 Å². The van der Waals surface area contributed by atoms with Crippen molar-refractivity contribution in [1.29, 1.82) is 0 Å². The van der Waals surface area contributed by atoms with Crippen LogP contribution in [0.15, 0.2) is 66.7 Å². The summed E-state index contributed by atoms with van der Waals surface area (Å²) in [6, 6.07) is 20.7. The van der Waals surface area contributed by atoms with Crippen LogP contribution in [-0.4, -0.2) is 30.3 Å². The lowest BCUT2D eigenvalue weighted by Crippen LogP contribution is -2.22. The number of rotatable bonds is 6. The summed E-state index contributed by atoms with van der Waals surface area (Å²) in [7, 11) is 0. The largest absolute Gasteiger partial charge is 0.461 e. The first kappa shape index (κ1) is 20.6. The van der Waals surface area contributed by atoms with Crippen LogP contribution in [0.25, 0.3) is 22.0 Å². The van der Waals surface area contributed by atoms with Gasteiger partial charge in [-0.1, -0.05) is 24.3 Å². The lowest BCUT2D eigenvalue weighted by Gasteiger charge is -2.08. The molecular formula is C26H22N2O5. The van der Waals surface area contributed by atoms with Gasteiger partial charge in [-0.25, -0.2) is 4.79 Å². The van der Waals surface area contributed by atoms with Crippen molar-refractivity contribution < 1.29 is 23.8 Å². The van der Waals surface area contributed by atoms with Gasteiger partial charge in [-0.2, -0.15) is 0 Å². The lowest BCUT2D eigenvalue weighted by atomic mass is 10.0. The fraction of sp³-hybridized carbons (Fsp3) is 0.154. The van der Waals surface area contributed by atoms with Gasteiger partial charge >= 0.3 is 5.97 Å². The highest BCUT2D eigenvalue weighted by Gasteiger charge is 2.14. The molecule has 0 radical (unpaired) electrons. The Morgan fingerprint density at radius 1 is 0.970 bits per heavy atom. The minimum atomic E-state index is -0.378. The predicted octanol–water partition coefficient (Wildman–Crippen LogP) is 4.67. The van der Waals surface area contributed by atoms with Crippen molar-refractivity contribution in [1.82, 2.24) is 10.3 Å². The number of hydrogen-bond donors (Lipinski definition) is 2. The van der Waals surface area contributed by atoms with E-state index in [1.54, 1.807) is 19.1 Å². The Morgan fingerprint density at radius 2 is 1.82 bits per heavy atom. The summed E-state index contributed by atoms with van der Waals surface area (Å²) in [5, 5.41) is 3.85. The zero-order valence-electron chi connectivity index (χ0n) is 18.0. The normalized spacial score (nSPS) is 12.0. The van der Waals surface area contributed by atoms with Crippen molar-refractivity contribution in [2.75, 3.05) is 13.4 Å². The van der Waals surface area contributed by atoms with Crippen LogP contribution in [0.3, 0.4) is 0 Å². The van der Waals surface area contributed by atoms with Crippen LogP contribution in [0.5, 0.6) is 11.5 Å². The Kier molecular flexibility index (Phi) is 5.44. The zero-order chi connectivity index (χ0) is 22.8. The molecule has 4 aromatic rings. The SMILES string of the molecule is CCOC(=O)c1cc2cc(-c3cccc(C(=O)NCc4ccc5c(c4)OCO5)c3)ccc2[nH]1. The molecule has 0 saturated heterocycles. The van der Waals surface area contributed by atoms with Crippen molar-refractivity contribution in [2.45, 2.75) is 13.5 Å². The molecule has 0 bridgehead atoms. The van der Waals surface area contributed by atoms with E-state index in [2.05, 4.69) is 10.3 Å². The number of aromatic nitrogens is 1. The molecule has 33 heavy (non-hydrogen) atoms. The molecule has 1 aromatic heterocycles. The molecule has 1 aliphatic rings. The van der Waals surface area contributed by atoms with Gasteiger partial charge in [0.2, 0.25) is 6.79 Å². The van der Waals surface area contributed by atoms with Gasteiger partial charge in [0.25, 0.3) is 5.91 Å².